The molecule has 2 N–H and O–H groups in total. The fourth-order valence-electron chi connectivity index (χ4n) is 0.950. The minimum Gasteiger partial charge on any atom is -0.441 e. The van der Waals surface area contributed by atoms with Crippen molar-refractivity contribution in [2.45, 2.75) is 6.10 Å². The van der Waals surface area contributed by atoms with E-state index < -0.39 is 38.1 Å². The third-order valence-electron chi connectivity index (χ3n) is 1.76. The summed E-state index contributed by atoms with van der Waals surface area (Å²) in [4.78, 5) is 11.2. The molecule has 1 fully saturated rings. The van der Waals surface area contributed by atoms with Crippen LogP contribution < -0.4 is 5.84 Å². The number of amides is 1. The second-order valence-corrected chi connectivity index (χ2v) is 6.46. The quantitative estimate of drug-likeness (QED) is 0.287. The third-order valence-corrected chi connectivity index (χ3v) is 4.15. The molecule has 0 aromatic carbocycles. The molecule has 0 aromatic rings. The Bertz CT molecular complexity index is 523. The van der Waals surface area contributed by atoms with E-state index in [0.717, 1.165) is 0 Å². The largest absolute Gasteiger partial charge is 0.441 e. The molecule has 9 nitrogen and oxygen atoms in total. The van der Waals surface area contributed by atoms with Crippen molar-refractivity contribution >= 4 is 26.2 Å². The van der Waals surface area contributed by atoms with E-state index in [1.54, 1.807) is 0 Å². The number of nitrogens with zero attached hydrogens (tertiary/aromatic N) is 1. The summed E-state index contributed by atoms with van der Waals surface area (Å²) in [6, 6.07) is 0. The number of ether oxygens (including phenoxy) is 1. The molecule has 11 heteroatoms. The zero-order chi connectivity index (χ0) is 13.3. The van der Waals surface area contributed by atoms with Gasteiger partial charge in [-0.2, -0.15) is 8.42 Å². The van der Waals surface area contributed by atoms with Gasteiger partial charge in [0.25, 0.3) is 20.1 Å². The molecule has 17 heavy (non-hydrogen) atoms. The zero-order valence-electron chi connectivity index (χ0n) is 8.47. The summed E-state index contributed by atoms with van der Waals surface area (Å²) in [5.74, 6) is 4.42. The van der Waals surface area contributed by atoms with Crippen LogP contribution in [0.25, 0.3) is 0 Å². The van der Waals surface area contributed by atoms with Crippen molar-refractivity contribution in [1.29, 1.82) is 0 Å². The van der Waals surface area contributed by atoms with Crippen LogP contribution >= 0.6 is 0 Å². The minimum atomic E-state index is -4.16. The zero-order valence-corrected chi connectivity index (χ0v) is 10.1. The van der Waals surface area contributed by atoms with E-state index in [-0.39, 0.29) is 11.0 Å². The summed E-state index contributed by atoms with van der Waals surface area (Å²) in [5, 5.41) is 0.455. The van der Waals surface area contributed by atoms with Crippen LogP contribution in [0.15, 0.2) is 12.0 Å². The van der Waals surface area contributed by atoms with Crippen LogP contribution in [0, 0.1) is 0 Å². The summed E-state index contributed by atoms with van der Waals surface area (Å²) >= 11 is 0. The number of hydrogen-bond acceptors (Lipinski definition) is 8. The molecule has 1 aliphatic rings. The number of nitrogens with two attached hydrogens (primary N) is 1. The maximum absolute atomic E-state index is 11.2. The highest BCUT2D eigenvalue weighted by molar-refractivity contribution is 7.92. The number of sulfonamides is 1. The van der Waals surface area contributed by atoms with Crippen molar-refractivity contribution in [3.63, 3.8) is 0 Å². The molecule has 1 saturated heterocycles. The van der Waals surface area contributed by atoms with Gasteiger partial charge in [0.05, 0.1) is 0 Å². The van der Waals surface area contributed by atoms with Gasteiger partial charge in [0, 0.05) is 5.41 Å². The Morgan fingerprint density at radius 3 is 2.59 bits per heavy atom. The van der Waals surface area contributed by atoms with Gasteiger partial charge in [-0.05, 0) is 0 Å². The Morgan fingerprint density at radius 2 is 2.18 bits per heavy atom. The lowest BCUT2D eigenvalue weighted by molar-refractivity contribution is 0.0783. The number of hydrazine groups is 1. The molecule has 0 aliphatic carbocycles. The Balaban J connectivity index is 2.66. The maximum atomic E-state index is 11.2. The van der Waals surface area contributed by atoms with Gasteiger partial charge in [0.2, 0.25) is 0 Å². The molecule has 1 rings (SSSR count). The fraction of sp³-hybridized carbons (Fsp3) is 0.500. The summed E-state index contributed by atoms with van der Waals surface area (Å²) in [5.41, 5.74) is 0. The normalized spacial score (nSPS) is 23.0. The lowest BCUT2D eigenvalue weighted by atomic mass is 10.4. The van der Waals surface area contributed by atoms with Crippen molar-refractivity contribution < 1.29 is 30.6 Å². The lowest BCUT2D eigenvalue weighted by Gasteiger charge is -2.16. The average Bonchev–Trinajstić information content (AvgIpc) is 2.56. The van der Waals surface area contributed by atoms with Gasteiger partial charge in [0.1, 0.15) is 18.5 Å². The fourth-order valence-corrected chi connectivity index (χ4v) is 2.44. The predicted molar refractivity (Wildman–Crippen MR) is 55.2 cm³/mol. The Kier molecular flexibility index (Phi) is 3.76. The average molecular weight is 286 g/mol. The molecule has 1 aliphatic heterocycles. The SMILES string of the molecule is C=CS(=O)(=O)N(N)C(=O)OC1COS(=O)(=O)C1. The van der Waals surface area contributed by atoms with Gasteiger partial charge in [-0.15, -0.1) is 4.41 Å². The molecular weight excluding hydrogens is 276 g/mol. The van der Waals surface area contributed by atoms with E-state index in [1.807, 2.05) is 0 Å². The third kappa shape index (κ3) is 3.39. The monoisotopic (exact) mass is 286 g/mol. The van der Waals surface area contributed by atoms with Crippen LogP contribution in [0.5, 0.6) is 0 Å². The molecule has 1 amide bonds. The molecule has 0 saturated carbocycles. The first-order chi connectivity index (χ1) is 7.68. The first-order valence-corrected chi connectivity index (χ1v) is 7.26. The van der Waals surface area contributed by atoms with E-state index in [2.05, 4.69) is 15.5 Å². The van der Waals surface area contributed by atoms with E-state index in [4.69, 9.17) is 5.84 Å². The molecule has 0 bridgehead atoms. The van der Waals surface area contributed by atoms with E-state index in [1.165, 1.54) is 0 Å². The summed E-state index contributed by atoms with van der Waals surface area (Å²) in [7, 11) is -7.87. The lowest BCUT2D eigenvalue weighted by Crippen LogP contribution is -2.43. The molecular formula is C6H10N2O7S2. The first-order valence-electron chi connectivity index (χ1n) is 4.18. The van der Waals surface area contributed by atoms with Crippen LogP contribution in [0.1, 0.15) is 0 Å². The van der Waals surface area contributed by atoms with Crippen LogP contribution in [0.4, 0.5) is 4.79 Å². The summed E-state index contributed by atoms with van der Waals surface area (Å²) < 4.78 is 52.5. The van der Waals surface area contributed by atoms with Crippen LogP contribution in [0.2, 0.25) is 0 Å². The first kappa shape index (κ1) is 13.9. The second kappa shape index (κ2) is 4.60. The van der Waals surface area contributed by atoms with Crippen molar-refractivity contribution in [1.82, 2.24) is 4.41 Å². The maximum Gasteiger partial charge on any atom is 0.439 e. The van der Waals surface area contributed by atoms with E-state index in [0.29, 0.717) is 5.41 Å². The number of carbonyl (C=O) groups excluding carboxylic acids is 1. The van der Waals surface area contributed by atoms with E-state index >= 15 is 0 Å². The molecule has 1 heterocycles. The van der Waals surface area contributed by atoms with Crippen molar-refractivity contribution in [2.24, 2.45) is 5.84 Å². The molecule has 0 aromatic heterocycles. The van der Waals surface area contributed by atoms with Gasteiger partial charge in [-0.3, -0.25) is 4.18 Å². The van der Waals surface area contributed by atoms with Gasteiger partial charge < -0.3 is 4.74 Å². The highest BCUT2D eigenvalue weighted by Gasteiger charge is 2.34. The number of rotatable bonds is 3. The summed E-state index contributed by atoms with van der Waals surface area (Å²) in [6.07, 6.45) is -2.49. The molecule has 1 unspecified atom stereocenters. The Hall–Kier alpha value is -1.17. The van der Waals surface area contributed by atoms with E-state index in [9.17, 15) is 21.6 Å². The smallest absolute Gasteiger partial charge is 0.439 e. The van der Waals surface area contributed by atoms with Gasteiger partial charge in [-0.25, -0.2) is 19.1 Å². The standard InChI is InChI=1S/C6H10N2O7S2/c1-2-16(10,11)8(7)6(9)15-5-3-14-17(12,13)4-5/h2,5H,1,3-4,7H2. The van der Waals surface area contributed by atoms with Crippen LogP contribution in [-0.2, 0) is 29.1 Å². The van der Waals surface area contributed by atoms with Crippen molar-refractivity contribution in [3.8, 4) is 0 Å². The molecule has 0 radical (unpaired) electrons. The van der Waals surface area contributed by atoms with Gasteiger partial charge in [0.15, 0.2) is 0 Å². The number of carbonyl (C=O) groups is 1. The molecule has 1 atom stereocenters. The highest BCUT2D eigenvalue weighted by atomic mass is 32.2. The summed E-state index contributed by atoms with van der Waals surface area (Å²) in [6.45, 7) is 2.59. The topological polar surface area (TPSA) is 133 Å². The second-order valence-electron chi connectivity index (χ2n) is 3.02. The molecule has 98 valence electrons. The van der Waals surface area contributed by atoms with Crippen LogP contribution in [-0.4, -0.2) is 45.8 Å². The van der Waals surface area contributed by atoms with Crippen molar-refractivity contribution in [2.75, 3.05) is 12.4 Å². The number of hydrogen-bond donors (Lipinski definition) is 1. The Morgan fingerprint density at radius 1 is 1.59 bits per heavy atom. The Labute approximate surface area is 97.9 Å². The molecule has 0 spiro atoms. The van der Waals surface area contributed by atoms with Gasteiger partial charge >= 0.3 is 6.09 Å². The van der Waals surface area contributed by atoms with Gasteiger partial charge in [-0.1, -0.05) is 6.58 Å². The van der Waals surface area contributed by atoms with Crippen molar-refractivity contribution in [3.05, 3.63) is 12.0 Å². The van der Waals surface area contributed by atoms with Crippen LogP contribution in [0.3, 0.4) is 0 Å². The predicted octanol–water partition coefficient (Wildman–Crippen LogP) is -1.50. The minimum absolute atomic E-state index is 0.176. The highest BCUT2D eigenvalue weighted by Crippen LogP contribution is 2.13.